The standard InChI is InChI=1S/C5H10N/c1-3-4-5-6-2/h1-5H2. The summed E-state index contributed by atoms with van der Waals surface area (Å²) in [6.45, 7) is 7.82. The number of unbranched alkanes of at least 4 members (excludes halogenated alkanes) is 1. The molecule has 1 radical (unpaired) electrons. The van der Waals surface area contributed by atoms with E-state index in [4.69, 9.17) is 0 Å². The van der Waals surface area contributed by atoms with E-state index in [0.29, 0.717) is 0 Å². The van der Waals surface area contributed by atoms with Crippen molar-refractivity contribution in [2.45, 2.75) is 12.8 Å². The summed E-state index contributed by atoms with van der Waals surface area (Å²) in [5.41, 5.74) is 0. The lowest BCUT2D eigenvalue weighted by atomic mass is 10.3. The minimum absolute atomic E-state index is 0.865. The lowest BCUT2D eigenvalue weighted by molar-refractivity contribution is 0.859. The monoisotopic (exact) mass is 84.1 g/mol. The zero-order valence-electron chi connectivity index (χ0n) is 3.98. The Morgan fingerprint density at radius 1 is 1.50 bits per heavy atom. The molecule has 0 saturated carbocycles. The number of aliphatic imine (C=N–C) groups is 1. The fourth-order valence-electron chi connectivity index (χ4n) is 0.224. The third kappa shape index (κ3) is 3.67. The van der Waals surface area contributed by atoms with Crippen molar-refractivity contribution in [2.24, 2.45) is 4.99 Å². The van der Waals surface area contributed by atoms with Gasteiger partial charge in [0.05, 0.1) is 0 Å². The Kier molecular flexibility index (Phi) is 4.41. The fraction of sp³-hybridized carbons (Fsp3) is 0.600. The van der Waals surface area contributed by atoms with Gasteiger partial charge in [-0.3, -0.25) is 0 Å². The van der Waals surface area contributed by atoms with Gasteiger partial charge in [0.1, 0.15) is 0 Å². The van der Waals surface area contributed by atoms with Crippen molar-refractivity contribution in [1.82, 2.24) is 0 Å². The molecule has 0 aromatic rings. The molecular weight excluding hydrogens is 74.1 g/mol. The highest BCUT2D eigenvalue weighted by Gasteiger charge is 1.72. The van der Waals surface area contributed by atoms with Gasteiger partial charge in [-0.1, -0.05) is 13.3 Å². The van der Waals surface area contributed by atoms with Crippen LogP contribution in [-0.2, 0) is 0 Å². The minimum Gasteiger partial charge on any atom is -0.301 e. The summed E-state index contributed by atoms with van der Waals surface area (Å²) in [5.74, 6) is 0. The van der Waals surface area contributed by atoms with Crippen LogP contribution < -0.4 is 0 Å². The normalized spacial score (nSPS) is 8.17. The largest absolute Gasteiger partial charge is 0.301 e. The van der Waals surface area contributed by atoms with Crippen molar-refractivity contribution in [3.8, 4) is 0 Å². The molecule has 35 valence electrons. The molecule has 0 spiro atoms. The van der Waals surface area contributed by atoms with Gasteiger partial charge in [0, 0.05) is 6.54 Å². The Balaban J connectivity index is 2.49. The molecule has 0 N–H and O–H groups in total. The smallest absolute Gasteiger partial charge is 0.0382 e. The second kappa shape index (κ2) is 4.67. The molecule has 1 heteroatoms. The van der Waals surface area contributed by atoms with Crippen LogP contribution in [0.5, 0.6) is 0 Å². The predicted octanol–water partition coefficient (Wildman–Crippen LogP) is 1.30. The first-order chi connectivity index (χ1) is 2.91. The summed E-state index contributed by atoms with van der Waals surface area (Å²) in [6.07, 6.45) is 2.04. The molecule has 0 bridgehead atoms. The first-order valence-corrected chi connectivity index (χ1v) is 2.13. The lowest BCUT2D eigenvalue weighted by Crippen LogP contribution is -1.73. The number of hydrogen-bond acceptors (Lipinski definition) is 1. The molecule has 0 fully saturated rings. The summed E-state index contributed by atoms with van der Waals surface area (Å²) in [4.78, 5) is 3.64. The van der Waals surface area contributed by atoms with E-state index in [-0.39, 0.29) is 0 Å². The van der Waals surface area contributed by atoms with E-state index in [1.165, 1.54) is 0 Å². The number of hydrogen-bond donors (Lipinski definition) is 0. The summed E-state index contributed by atoms with van der Waals surface area (Å²) in [7, 11) is 0. The molecule has 0 atom stereocenters. The van der Waals surface area contributed by atoms with Crippen LogP contribution in [0.3, 0.4) is 0 Å². The quantitative estimate of drug-likeness (QED) is 0.361. The topological polar surface area (TPSA) is 12.4 Å². The fourth-order valence-corrected chi connectivity index (χ4v) is 0.224. The molecule has 0 saturated heterocycles. The van der Waals surface area contributed by atoms with E-state index in [1.54, 1.807) is 0 Å². The highest BCUT2D eigenvalue weighted by atomic mass is 14.7. The minimum atomic E-state index is 0.865. The molecule has 6 heavy (non-hydrogen) atoms. The maximum absolute atomic E-state index is 3.64. The SMILES string of the molecule is [CH2]CCCN=C. The van der Waals surface area contributed by atoms with Crippen LogP contribution in [0.1, 0.15) is 12.8 Å². The molecule has 0 aliphatic carbocycles. The molecule has 0 rings (SSSR count). The predicted molar refractivity (Wildman–Crippen MR) is 29.0 cm³/mol. The van der Waals surface area contributed by atoms with Crippen LogP contribution in [0.2, 0.25) is 0 Å². The molecule has 0 aliphatic rings. The first kappa shape index (κ1) is 5.67. The average molecular weight is 84.1 g/mol. The Labute approximate surface area is 39.1 Å². The van der Waals surface area contributed by atoms with E-state index in [9.17, 15) is 0 Å². The van der Waals surface area contributed by atoms with Crippen molar-refractivity contribution in [2.75, 3.05) is 6.54 Å². The van der Waals surface area contributed by atoms with Gasteiger partial charge in [-0.15, -0.1) is 0 Å². The Morgan fingerprint density at radius 2 is 2.17 bits per heavy atom. The summed E-state index contributed by atoms with van der Waals surface area (Å²) < 4.78 is 0. The van der Waals surface area contributed by atoms with Crippen LogP contribution in [0.25, 0.3) is 0 Å². The number of rotatable bonds is 3. The van der Waals surface area contributed by atoms with E-state index in [2.05, 4.69) is 18.6 Å². The molecule has 0 heterocycles. The van der Waals surface area contributed by atoms with Gasteiger partial charge in [-0.05, 0) is 13.1 Å². The van der Waals surface area contributed by atoms with Gasteiger partial charge in [-0.2, -0.15) is 0 Å². The molecule has 0 unspecified atom stereocenters. The van der Waals surface area contributed by atoms with Gasteiger partial charge in [0.2, 0.25) is 0 Å². The highest BCUT2D eigenvalue weighted by Crippen LogP contribution is 1.82. The van der Waals surface area contributed by atoms with Gasteiger partial charge in [0.15, 0.2) is 0 Å². The van der Waals surface area contributed by atoms with E-state index < -0.39 is 0 Å². The van der Waals surface area contributed by atoms with Gasteiger partial charge < -0.3 is 4.99 Å². The second-order valence-electron chi connectivity index (χ2n) is 1.15. The maximum Gasteiger partial charge on any atom is 0.0382 e. The van der Waals surface area contributed by atoms with Crippen molar-refractivity contribution >= 4 is 6.72 Å². The summed E-state index contributed by atoms with van der Waals surface area (Å²) in [5, 5.41) is 0. The van der Waals surface area contributed by atoms with Crippen LogP contribution in [0.15, 0.2) is 4.99 Å². The second-order valence-corrected chi connectivity index (χ2v) is 1.15. The van der Waals surface area contributed by atoms with Crippen LogP contribution in [0.4, 0.5) is 0 Å². The summed E-state index contributed by atoms with van der Waals surface area (Å²) >= 11 is 0. The van der Waals surface area contributed by atoms with E-state index in [1.807, 2.05) is 0 Å². The Morgan fingerprint density at radius 3 is 2.33 bits per heavy atom. The zero-order valence-corrected chi connectivity index (χ0v) is 3.98. The third-order valence-electron chi connectivity index (χ3n) is 0.566. The van der Waals surface area contributed by atoms with Gasteiger partial charge in [-0.25, -0.2) is 0 Å². The van der Waals surface area contributed by atoms with Gasteiger partial charge in [0.25, 0.3) is 0 Å². The molecule has 0 amide bonds. The van der Waals surface area contributed by atoms with E-state index >= 15 is 0 Å². The van der Waals surface area contributed by atoms with Gasteiger partial charge >= 0.3 is 0 Å². The molecule has 0 aromatic carbocycles. The summed E-state index contributed by atoms with van der Waals surface area (Å²) in [6, 6.07) is 0. The number of nitrogens with zero attached hydrogens (tertiary/aromatic N) is 1. The van der Waals surface area contributed by atoms with Crippen LogP contribution in [0, 0.1) is 6.92 Å². The Bertz CT molecular complexity index is 32.9. The van der Waals surface area contributed by atoms with Crippen LogP contribution >= 0.6 is 0 Å². The molecular formula is C5H10N. The van der Waals surface area contributed by atoms with Crippen LogP contribution in [-0.4, -0.2) is 13.3 Å². The lowest BCUT2D eigenvalue weighted by Gasteiger charge is -1.82. The molecule has 0 aromatic heterocycles. The van der Waals surface area contributed by atoms with Crippen molar-refractivity contribution in [1.29, 1.82) is 0 Å². The Hall–Kier alpha value is -0.330. The average Bonchev–Trinajstić information content (AvgIpc) is 1.61. The zero-order chi connectivity index (χ0) is 4.83. The molecule has 0 aliphatic heterocycles. The van der Waals surface area contributed by atoms with E-state index in [0.717, 1.165) is 19.4 Å². The highest BCUT2D eigenvalue weighted by molar-refractivity contribution is 5.22. The first-order valence-electron chi connectivity index (χ1n) is 2.13. The molecule has 1 nitrogen and oxygen atoms in total. The van der Waals surface area contributed by atoms with Crippen molar-refractivity contribution < 1.29 is 0 Å². The van der Waals surface area contributed by atoms with Crippen molar-refractivity contribution in [3.63, 3.8) is 0 Å². The third-order valence-corrected chi connectivity index (χ3v) is 0.566. The maximum atomic E-state index is 3.64. The van der Waals surface area contributed by atoms with Crippen molar-refractivity contribution in [3.05, 3.63) is 6.92 Å².